The summed E-state index contributed by atoms with van der Waals surface area (Å²) in [6.07, 6.45) is 1.55. The number of benzene rings is 3. The number of nitrogens with zero attached hydrogens (tertiary/aromatic N) is 4. The third-order valence-electron chi connectivity index (χ3n) is 4.43. The first-order valence-corrected chi connectivity index (χ1v) is 10.5. The molecule has 0 radical (unpaired) electrons. The lowest BCUT2D eigenvalue weighted by atomic mass is 10.2. The van der Waals surface area contributed by atoms with E-state index in [0.29, 0.717) is 21.6 Å². The second-order valence-electron chi connectivity index (χ2n) is 6.97. The molecule has 7 heteroatoms. The summed E-state index contributed by atoms with van der Waals surface area (Å²) in [5, 5.41) is 15.3. The van der Waals surface area contributed by atoms with Crippen LogP contribution >= 0.6 is 11.8 Å². The lowest BCUT2D eigenvalue weighted by Crippen LogP contribution is -2.11. The molecule has 0 fully saturated rings. The minimum Gasteiger partial charge on any atom is -0.507 e. The Labute approximate surface area is 185 Å². The van der Waals surface area contributed by atoms with Crippen molar-refractivity contribution in [1.29, 1.82) is 0 Å². The van der Waals surface area contributed by atoms with Crippen molar-refractivity contribution in [2.75, 3.05) is 0 Å². The Morgan fingerprint density at radius 1 is 0.839 bits per heavy atom. The molecule has 0 aliphatic carbocycles. The predicted octanol–water partition coefficient (Wildman–Crippen LogP) is 5.50. The van der Waals surface area contributed by atoms with E-state index in [2.05, 4.69) is 20.5 Å². The summed E-state index contributed by atoms with van der Waals surface area (Å²) < 4.78 is 0. The number of thioether (sulfide) groups is 1. The molecular formula is C24H21N5OS. The molecule has 0 spiro atoms. The van der Waals surface area contributed by atoms with Gasteiger partial charge in [-0.2, -0.15) is 5.10 Å². The Kier molecular flexibility index (Phi) is 6.24. The van der Waals surface area contributed by atoms with E-state index in [1.54, 1.807) is 24.4 Å². The topological polar surface area (TPSA) is 81.7 Å². The van der Waals surface area contributed by atoms with Crippen LogP contribution in [-0.4, -0.2) is 27.4 Å². The molecule has 3 aromatic carbocycles. The van der Waals surface area contributed by atoms with E-state index in [1.807, 2.05) is 68.4 Å². The molecule has 0 unspecified atom stereocenters. The number of rotatable bonds is 4. The molecule has 154 valence electrons. The lowest BCUT2D eigenvalue weighted by Gasteiger charge is -2.00. The van der Waals surface area contributed by atoms with Crippen LogP contribution in [0.25, 0.3) is 0 Å². The Morgan fingerprint density at radius 2 is 1.45 bits per heavy atom. The van der Waals surface area contributed by atoms with E-state index in [-0.39, 0.29) is 5.75 Å². The number of phenolic OH excluding ortho intramolecular Hbond substituents is 1. The second kappa shape index (κ2) is 9.40. The van der Waals surface area contributed by atoms with Crippen LogP contribution in [0, 0.1) is 13.8 Å². The Morgan fingerprint density at radius 3 is 2.10 bits per heavy atom. The minimum absolute atomic E-state index is 0.164. The molecule has 2 N–H and O–H groups in total. The third kappa shape index (κ3) is 5.46. The van der Waals surface area contributed by atoms with Gasteiger partial charge in [0, 0.05) is 5.56 Å². The van der Waals surface area contributed by atoms with Crippen molar-refractivity contribution < 1.29 is 5.11 Å². The van der Waals surface area contributed by atoms with Crippen LogP contribution < -0.4 is 5.43 Å². The SMILES string of the molecule is Cc1ccc(N=C2N=C(NN=Cc3ccccc3O)SC2=Nc2ccc(C)cc2)cc1. The van der Waals surface area contributed by atoms with Crippen LogP contribution in [0.2, 0.25) is 0 Å². The van der Waals surface area contributed by atoms with Crippen LogP contribution in [0.5, 0.6) is 5.75 Å². The van der Waals surface area contributed by atoms with Gasteiger partial charge in [0.15, 0.2) is 11.0 Å². The van der Waals surface area contributed by atoms with E-state index < -0.39 is 0 Å². The van der Waals surface area contributed by atoms with Crippen molar-refractivity contribution in [2.24, 2.45) is 20.1 Å². The molecule has 6 nitrogen and oxygen atoms in total. The molecule has 0 atom stereocenters. The summed E-state index contributed by atoms with van der Waals surface area (Å²) in [4.78, 5) is 14.0. The number of hydrogen-bond donors (Lipinski definition) is 2. The van der Waals surface area contributed by atoms with Gasteiger partial charge in [0.25, 0.3) is 0 Å². The van der Waals surface area contributed by atoms with E-state index in [1.165, 1.54) is 22.9 Å². The normalized spacial score (nSPS) is 16.3. The van der Waals surface area contributed by atoms with Crippen molar-refractivity contribution in [1.82, 2.24) is 5.43 Å². The average molecular weight is 428 g/mol. The van der Waals surface area contributed by atoms with Crippen LogP contribution in [0.15, 0.2) is 92.9 Å². The van der Waals surface area contributed by atoms with E-state index >= 15 is 0 Å². The van der Waals surface area contributed by atoms with Crippen molar-refractivity contribution in [2.45, 2.75) is 13.8 Å². The van der Waals surface area contributed by atoms with Crippen LogP contribution in [-0.2, 0) is 0 Å². The molecule has 0 saturated heterocycles. The van der Waals surface area contributed by atoms with Crippen molar-refractivity contribution in [3.05, 3.63) is 89.5 Å². The fraction of sp³-hybridized carbons (Fsp3) is 0.0833. The largest absolute Gasteiger partial charge is 0.507 e. The average Bonchev–Trinajstić information content (AvgIpc) is 3.14. The number of nitrogens with one attached hydrogen (secondary N) is 1. The molecule has 3 aromatic rings. The summed E-state index contributed by atoms with van der Waals surface area (Å²) in [6, 6.07) is 22.9. The van der Waals surface area contributed by atoms with Gasteiger partial charge in [-0.1, -0.05) is 47.5 Å². The molecule has 0 aromatic heterocycles. The van der Waals surface area contributed by atoms with Crippen LogP contribution in [0.4, 0.5) is 11.4 Å². The minimum atomic E-state index is 0.164. The molecule has 0 saturated carbocycles. The zero-order valence-corrected chi connectivity index (χ0v) is 18.0. The highest BCUT2D eigenvalue weighted by molar-refractivity contribution is 8.28. The van der Waals surface area contributed by atoms with Gasteiger partial charge in [0.1, 0.15) is 10.8 Å². The standard InChI is InChI=1S/C24H21N5OS/c1-16-7-11-19(12-8-16)26-22-23(27-20-13-9-17(2)10-14-20)31-24(28-22)29-25-15-18-5-3-4-6-21(18)30/h3-15,30H,1-2H3,(H,26,28,29). The Balaban J connectivity index is 1.60. The Bertz CT molecular complexity index is 1200. The first-order valence-electron chi connectivity index (χ1n) is 9.71. The summed E-state index contributed by atoms with van der Waals surface area (Å²) >= 11 is 1.36. The van der Waals surface area contributed by atoms with Gasteiger partial charge in [0.2, 0.25) is 0 Å². The van der Waals surface area contributed by atoms with Gasteiger partial charge < -0.3 is 5.11 Å². The maximum absolute atomic E-state index is 9.86. The summed E-state index contributed by atoms with van der Waals surface area (Å²) in [5.41, 5.74) is 7.51. The number of aryl methyl sites for hydroxylation is 2. The second-order valence-corrected chi connectivity index (χ2v) is 7.95. The number of hydrogen-bond acceptors (Lipinski definition) is 6. The van der Waals surface area contributed by atoms with Gasteiger partial charge in [-0.3, -0.25) is 5.43 Å². The number of aromatic hydroxyl groups is 1. The van der Waals surface area contributed by atoms with E-state index in [4.69, 9.17) is 4.99 Å². The molecule has 4 rings (SSSR count). The summed E-state index contributed by atoms with van der Waals surface area (Å²) in [5.74, 6) is 0.687. The quantitative estimate of drug-likeness (QED) is 0.426. The van der Waals surface area contributed by atoms with E-state index in [9.17, 15) is 5.11 Å². The molecule has 1 heterocycles. The molecule has 0 bridgehead atoms. The zero-order valence-electron chi connectivity index (χ0n) is 17.1. The number of aliphatic imine (C=N–C) groups is 3. The fourth-order valence-corrected chi connectivity index (χ4v) is 3.48. The highest BCUT2D eigenvalue weighted by atomic mass is 32.2. The van der Waals surface area contributed by atoms with Gasteiger partial charge in [-0.25, -0.2) is 15.0 Å². The highest BCUT2D eigenvalue weighted by Crippen LogP contribution is 2.25. The smallest absolute Gasteiger partial charge is 0.190 e. The van der Waals surface area contributed by atoms with Crippen molar-refractivity contribution >= 4 is 45.4 Å². The molecule has 31 heavy (non-hydrogen) atoms. The number of amidine groups is 2. The molecular weight excluding hydrogens is 406 g/mol. The zero-order chi connectivity index (χ0) is 21.6. The van der Waals surface area contributed by atoms with Gasteiger partial charge >= 0.3 is 0 Å². The number of para-hydroxylation sites is 1. The Hall–Kier alpha value is -3.71. The van der Waals surface area contributed by atoms with Gasteiger partial charge in [-0.05, 0) is 62.0 Å². The van der Waals surface area contributed by atoms with Crippen LogP contribution in [0.1, 0.15) is 16.7 Å². The van der Waals surface area contributed by atoms with Crippen molar-refractivity contribution in [3.8, 4) is 5.75 Å². The summed E-state index contributed by atoms with van der Waals surface area (Å²) in [7, 11) is 0. The maximum atomic E-state index is 9.86. The molecule has 1 aliphatic heterocycles. The fourth-order valence-electron chi connectivity index (χ4n) is 2.73. The van der Waals surface area contributed by atoms with Crippen LogP contribution in [0.3, 0.4) is 0 Å². The first-order chi connectivity index (χ1) is 15.1. The van der Waals surface area contributed by atoms with Gasteiger partial charge in [0.05, 0.1) is 17.6 Å². The van der Waals surface area contributed by atoms with E-state index in [0.717, 1.165) is 11.4 Å². The maximum Gasteiger partial charge on any atom is 0.190 e. The molecule has 1 aliphatic rings. The summed E-state index contributed by atoms with van der Waals surface area (Å²) in [6.45, 7) is 4.08. The molecule has 0 amide bonds. The highest BCUT2D eigenvalue weighted by Gasteiger charge is 2.22. The van der Waals surface area contributed by atoms with Crippen molar-refractivity contribution in [3.63, 3.8) is 0 Å². The number of phenols is 1. The lowest BCUT2D eigenvalue weighted by molar-refractivity contribution is 0.474. The van der Waals surface area contributed by atoms with Gasteiger partial charge in [-0.15, -0.1) is 0 Å². The monoisotopic (exact) mass is 427 g/mol. The number of hydrazone groups is 1. The predicted molar refractivity (Wildman–Crippen MR) is 130 cm³/mol. The third-order valence-corrected chi connectivity index (χ3v) is 5.27. The first kappa shape index (κ1) is 20.6.